The maximum absolute atomic E-state index is 13.4. The first-order valence-corrected chi connectivity index (χ1v) is 8.97. The number of benzene rings is 1. The Morgan fingerprint density at radius 2 is 2.12 bits per heavy atom. The summed E-state index contributed by atoms with van der Waals surface area (Å²) >= 11 is 0. The highest BCUT2D eigenvalue weighted by atomic mass is 19.1. The largest absolute Gasteiger partial charge is 0.338 e. The second kappa shape index (κ2) is 7.52. The molecule has 6 heteroatoms. The number of anilines is 1. The molecule has 3 rings (SSSR count). The van der Waals surface area contributed by atoms with Crippen LogP contribution in [0.5, 0.6) is 0 Å². The van der Waals surface area contributed by atoms with Crippen molar-refractivity contribution in [2.45, 2.75) is 31.7 Å². The molecule has 2 amide bonds. The van der Waals surface area contributed by atoms with Gasteiger partial charge in [0.05, 0.1) is 5.92 Å². The van der Waals surface area contributed by atoms with Gasteiger partial charge in [-0.15, -0.1) is 0 Å². The fourth-order valence-corrected chi connectivity index (χ4v) is 3.90. The molecular formula is C19H26FN3O2. The molecular weight excluding hydrogens is 321 g/mol. The van der Waals surface area contributed by atoms with Crippen LogP contribution in [0, 0.1) is 11.7 Å². The number of hydrogen-bond donors (Lipinski definition) is 0. The number of hydrogen-bond acceptors (Lipinski definition) is 3. The van der Waals surface area contributed by atoms with Crippen LogP contribution in [0.4, 0.5) is 10.1 Å². The number of piperidine rings is 1. The van der Waals surface area contributed by atoms with Crippen molar-refractivity contribution in [3.05, 3.63) is 30.1 Å². The summed E-state index contributed by atoms with van der Waals surface area (Å²) in [7, 11) is 4.03. The van der Waals surface area contributed by atoms with Crippen molar-refractivity contribution in [1.29, 1.82) is 0 Å². The molecule has 2 aliphatic rings. The fourth-order valence-electron chi connectivity index (χ4n) is 3.90. The van der Waals surface area contributed by atoms with Crippen LogP contribution in [0.2, 0.25) is 0 Å². The molecule has 1 aromatic rings. The van der Waals surface area contributed by atoms with E-state index in [9.17, 15) is 14.0 Å². The molecule has 2 heterocycles. The van der Waals surface area contributed by atoms with E-state index in [2.05, 4.69) is 4.90 Å². The van der Waals surface area contributed by atoms with Crippen molar-refractivity contribution in [1.82, 2.24) is 9.80 Å². The van der Waals surface area contributed by atoms with Crippen LogP contribution in [0.25, 0.3) is 0 Å². The summed E-state index contributed by atoms with van der Waals surface area (Å²) in [6.07, 6.45) is 3.38. The van der Waals surface area contributed by atoms with E-state index in [-0.39, 0.29) is 36.0 Å². The molecule has 2 atom stereocenters. The van der Waals surface area contributed by atoms with Gasteiger partial charge >= 0.3 is 0 Å². The Morgan fingerprint density at radius 1 is 1.32 bits per heavy atom. The van der Waals surface area contributed by atoms with Crippen LogP contribution in [0.3, 0.4) is 0 Å². The third-order valence-corrected chi connectivity index (χ3v) is 5.08. The second-order valence-corrected chi connectivity index (χ2v) is 7.33. The van der Waals surface area contributed by atoms with E-state index in [4.69, 9.17) is 0 Å². The van der Waals surface area contributed by atoms with Crippen LogP contribution in [-0.4, -0.2) is 61.4 Å². The van der Waals surface area contributed by atoms with Crippen LogP contribution in [0.15, 0.2) is 24.3 Å². The summed E-state index contributed by atoms with van der Waals surface area (Å²) in [5.41, 5.74) is 0.531. The number of carbonyl (C=O) groups excluding carboxylic acids is 2. The standard InChI is InChI=1S/C19H26FN3O2/c1-21(2)13-17-7-3-4-9-22(17)19(25)14-10-18(24)23(12-14)16-8-5-6-15(20)11-16/h5-6,8,11,14,17H,3-4,7,9-10,12-13H2,1-2H3. The van der Waals surface area contributed by atoms with E-state index in [0.29, 0.717) is 12.2 Å². The number of rotatable bonds is 4. The monoisotopic (exact) mass is 347 g/mol. The van der Waals surface area contributed by atoms with Gasteiger partial charge in [0.1, 0.15) is 5.82 Å². The van der Waals surface area contributed by atoms with Gasteiger partial charge in [-0.3, -0.25) is 9.59 Å². The number of halogens is 1. The molecule has 0 spiro atoms. The molecule has 0 bridgehead atoms. The minimum atomic E-state index is -0.373. The number of carbonyl (C=O) groups is 2. The molecule has 0 radical (unpaired) electrons. The SMILES string of the molecule is CN(C)CC1CCCCN1C(=O)C1CC(=O)N(c2cccc(F)c2)C1. The predicted molar refractivity (Wildman–Crippen MR) is 94.8 cm³/mol. The van der Waals surface area contributed by atoms with Crippen molar-refractivity contribution < 1.29 is 14.0 Å². The molecule has 25 heavy (non-hydrogen) atoms. The van der Waals surface area contributed by atoms with Crippen LogP contribution in [0.1, 0.15) is 25.7 Å². The summed E-state index contributed by atoms with van der Waals surface area (Å²) in [4.78, 5) is 31.0. The van der Waals surface area contributed by atoms with E-state index in [0.717, 1.165) is 32.4 Å². The zero-order chi connectivity index (χ0) is 18.0. The van der Waals surface area contributed by atoms with E-state index in [1.807, 2.05) is 19.0 Å². The maximum Gasteiger partial charge on any atom is 0.228 e. The zero-order valence-electron chi connectivity index (χ0n) is 14.9. The van der Waals surface area contributed by atoms with Gasteiger partial charge in [0.25, 0.3) is 0 Å². The lowest BCUT2D eigenvalue weighted by molar-refractivity contribution is -0.139. The van der Waals surface area contributed by atoms with Gasteiger partial charge < -0.3 is 14.7 Å². The summed E-state index contributed by atoms with van der Waals surface area (Å²) in [5.74, 6) is -0.746. The summed E-state index contributed by atoms with van der Waals surface area (Å²) in [6.45, 7) is 1.95. The lowest BCUT2D eigenvalue weighted by Crippen LogP contribution is -2.50. The normalized spacial score (nSPS) is 24.2. The Balaban J connectivity index is 1.71. The van der Waals surface area contributed by atoms with E-state index in [1.54, 1.807) is 12.1 Å². The van der Waals surface area contributed by atoms with Gasteiger partial charge in [-0.2, -0.15) is 0 Å². The quantitative estimate of drug-likeness (QED) is 0.838. The average Bonchev–Trinajstić information content (AvgIpc) is 2.96. The lowest BCUT2D eigenvalue weighted by Gasteiger charge is -2.38. The molecule has 2 aliphatic heterocycles. The Hall–Kier alpha value is -1.95. The van der Waals surface area contributed by atoms with E-state index >= 15 is 0 Å². The molecule has 136 valence electrons. The fraction of sp³-hybridized carbons (Fsp3) is 0.579. The van der Waals surface area contributed by atoms with Gasteiger partial charge in [-0.25, -0.2) is 4.39 Å². The summed E-state index contributed by atoms with van der Waals surface area (Å²) < 4.78 is 13.4. The lowest BCUT2D eigenvalue weighted by atomic mass is 9.98. The third-order valence-electron chi connectivity index (χ3n) is 5.08. The number of likely N-dealkylation sites (N-methyl/N-ethyl adjacent to an activating group) is 1. The summed E-state index contributed by atoms with van der Waals surface area (Å²) in [6, 6.07) is 6.22. The Labute approximate surface area is 148 Å². The Bertz CT molecular complexity index is 649. The first kappa shape index (κ1) is 17.9. The van der Waals surface area contributed by atoms with Gasteiger partial charge in [0.15, 0.2) is 0 Å². The minimum Gasteiger partial charge on any atom is -0.338 e. The van der Waals surface area contributed by atoms with Crippen molar-refractivity contribution in [3.8, 4) is 0 Å². The Morgan fingerprint density at radius 3 is 2.84 bits per heavy atom. The van der Waals surface area contributed by atoms with Crippen molar-refractivity contribution in [2.75, 3.05) is 38.6 Å². The van der Waals surface area contributed by atoms with Gasteiger partial charge in [-0.05, 0) is 51.6 Å². The van der Waals surface area contributed by atoms with E-state index in [1.165, 1.54) is 17.0 Å². The van der Waals surface area contributed by atoms with E-state index < -0.39 is 0 Å². The third kappa shape index (κ3) is 4.00. The number of amides is 2. The predicted octanol–water partition coefficient (Wildman–Crippen LogP) is 2.12. The van der Waals surface area contributed by atoms with Crippen LogP contribution in [-0.2, 0) is 9.59 Å². The minimum absolute atomic E-state index is 0.0683. The maximum atomic E-state index is 13.4. The highest BCUT2D eigenvalue weighted by Crippen LogP contribution is 2.29. The topological polar surface area (TPSA) is 43.9 Å². The highest BCUT2D eigenvalue weighted by molar-refractivity contribution is 6.00. The first-order valence-electron chi connectivity index (χ1n) is 8.97. The second-order valence-electron chi connectivity index (χ2n) is 7.33. The molecule has 2 saturated heterocycles. The molecule has 2 unspecified atom stereocenters. The van der Waals surface area contributed by atoms with Crippen molar-refractivity contribution in [3.63, 3.8) is 0 Å². The molecule has 0 aliphatic carbocycles. The summed E-state index contributed by atoms with van der Waals surface area (Å²) in [5, 5.41) is 0. The average molecular weight is 347 g/mol. The smallest absolute Gasteiger partial charge is 0.228 e. The van der Waals surface area contributed by atoms with Gasteiger partial charge in [-0.1, -0.05) is 6.07 Å². The number of likely N-dealkylation sites (tertiary alicyclic amines) is 1. The molecule has 1 aromatic carbocycles. The van der Waals surface area contributed by atoms with Crippen LogP contribution >= 0.6 is 0 Å². The molecule has 5 nitrogen and oxygen atoms in total. The van der Waals surface area contributed by atoms with Gasteiger partial charge in [0.2, 0.25) is 11.8 Å². The molecule has 0 saturated carbocycles. The first-order chi connectivity index (χ1) is 12.0. The molecule has 0 N–H and O–H groups in total. The van der Waals surface area contributed by atoms with Crippen molar-refractivity contribution >= 4 is 17.5 Å². The van der Waals surface area contributed by atoms with Crippen LogP contribution < -0.4 is 4.90 Å². The number of nitrogens with zero attached hydrogens (tertiary/aromatic N) is 3. The molecule has 2 fully saturated rings. The Kier molecular flexibility index (Phi) is 5.37. The zero-order valence-corrected chi connectivity index (χ0v) is 14.9. The highest BCUT2D eigenvalue weighted by Gasteiger charge is 2.39. The van der Waals surface area contributed by atoms with Crippen molar-refractivity contribution in [2.24, 2.45) is 5.92 Å². The molecule has 0 aromatic heterocycles. The van der Waals surface area contributed by atoms with Gasteiger partial charge in [0, 0.05) is 37.8 Å².